The summed E-state index contributed by atoms with van der Waals surface area (Å²) in [6.07, 6.45) is -0.769. The average Bonchev–Trinajstić information content (AvgIpc) is 3.87. The number of nitrogens with one attached hydrogen (secondary N) is 3. The number of hydrazine groups is 1. The van der Waals surface area contributed by atoms with Crippen molar-refractivity contribution in [2.75, 3.05) is 26.9 Å². The highest BCUT2D eigenvalue weighted by Gasteiger charge is 2.44. The molecule has 5 rings (SSSR count). The number of ether oxygens (including phenoxy) is 5. The van der Waals surface area contributed by atoms with E-state index < -0.39 is 47.8 Å². The molecule has 3 amide bonds. The van der Waals surface area contributed by atoms with Crippen LogP contribution in [0.4, 0.5) is 9.59 Å². The van der Waals surface area contributed by atoms with E-state index in [0.717, 1.165) is 22.4 Å². The number of amides is 3. The number of rotatable bonds is 15. The van der Waals surface area contributed by atoms with Gasteiger partial charge in [0.25, 0.3) is 5.91 Å². The van der Waals surface area contributed by atoms with Gasteiger partial charge in [0, 0.05) is 19.3 Å². The lowest BCUT2D eigenvalue weighted by atomic mass is 9.86. The second kappa shape index (κ2) is 17.8. The summed E-state index contributed by atoms with van der Waals surface area (Å²) in [6.45, 7) is 6.76. The van der Waals surface area contributed by atoms with Gasteiger partial charge in [0.2, 0.25) is 0 Å². The molecule has 6 atom stereocenters. The Kier molecular flexibility index (Phi) is 13.2. The van der Waals surface area contributed by atoms with Crippen molar-refractivity contribution in [2.45, 2.75) is 77.3 Å². The van der Waals surface area contributed by atoms with Gasteiger partial charge in [0.05, 0.1) is 48.8 Å². The van der Waals surface area contributed by atoms with Crippen LogP contribution in [0.2, 0.25) is 0 Å². The van der Waals surface area contributed by atoms with E-state index in [4.69, 9.17) is 23.7 Å². The Morgan fingerprint density at radius 3 is 2.49 bits per heavy atom. The number of aliphatic hydroxyl groups excluding tert-OH is 1. The Morgan fingerprint density at radius 2 is 1.80 bits per heavy atom. The number of methoxy groups -OCH3 is 1. The van der Waals surface area contributed by atoms with Gasteiger partial charge in [-0.05, 0) is 41.5 Å². The summed E-state index contributed by atoms with van der Waals surface area (Å²) >= 11 is 1.51. The van der Waals surface area contributed by atoms with Crippen LogP contribution in [-0.2, 0) is 43.3 Å². The summed E-state index contributed by atoms with van der Waals surface area (Å²) in [5.41, 5.74) is 5.66. The SMILES string of the molecule is COC(=O)N[C@H](C(=O)NN(Cc1ccccc1)C[C@H](O)[C@H](Cc1ccc(OCc2cncs2)cc1)NC(=O)OC1CO[C@H]2OCC[C@@H]12)C(C)(C)C. The van der Waals surface area contributed by atoms with Gasteiger partial charge in [-0.15, -0.1) is 11.3 Å². The smallest absolute Gasteiger partial charge is 0.407 e. The van der Waals surface area contributed by atoms with E-state index in [-0.39, 0.29) is 38.3 Å². The standard InChI is InChI=1S/C36H47N5O9S/c1-36(2,3)31(39-34(44)46-4)32(43)40-41(18-24-8-6-5-7-9-24)19-29(42)28(38-35(45)50-30-21-49-33-27(30)14-15-47-33)16-23-10-12-25(13-11-23)48-20-26-17-37-22-51-26/h5-13,17,22,27-31,33,42H,14-16,18-21H2,1-4H3,(H,38,45)(H,39,44)(H,40,43)/t27-,28-,29-,30?,31+,33+/m0/s1. The quantitative estimate of drug-likeness (QED) is 0.168. The fourth-order valence-corrected chi connectivity index (χ4v) is 6.48. The van der Waals surface area contributed by atoms with Gasteiger partial charge >= 0.3 is 12.2 Å². The van der Waals surface area contributed by atoms with Crippen LogP contribution in [0.25, 0.3) is 0 Å². The van der Waals surface area contributed by atoms with E-state index in [0.29, 0.717) is 19.0 Å². The molecule has 1 unspecified atom stereocenters. The molecule has 14 nitrogen and oxygen atoms in total. The van der Waals surface area contributed by atoms with Crippen LogP contribution in [0.15, 0.2) is 66.3 Å². The van der Waals surface area contributed by atoms with Crippen LogP contribution >= 0.6 is 11.3 Å². The Labute approximate surface area is 301 Å². The van der Waals surface area contributed by atoms with Crippen LogP contribution in [0.5, 0.6) is 5.75 Å². The van der Waals surface area contributed by atoms with Crippen molar-refractivity contribution in [2.24, 2.45) is 11.3 Å². The average molecular weight is 726 g/mol. The van der Waals surface area contributed by atoms with Crippen molar-refractivity contribution >= 4 is 29.4 Å². The first kappa shape index (κ1) is 38.0. The molecule has 2 fully saturated rings. The molecule has 0 bridgehead atoms. The van der Waals surface area contributed by atoms with E-state index in [1.807, 2.05) is 75.4 Å². The van der Waals surface area contributed by atoms with Crippen molar-refractivity contribution in [3.8, 4) is 5.75 Å². The second-order valence-corrected chi connectivity index (χ2v) is 14.6. The minimum atomic E-state index is -1.19. The van der Waals surface area contributed by atoms with Gasteiger partial charge in [0.1, 0.15) is 24.5 Å². The molecule has 1 aromatic heterocycles. The van der Waals surface area contributed by atoms with E-state index >= 15 is 0 Å². The number of carbonyl (C=O) groups excluding carboxylic acids is 3. The molecule has 0 saturated carbocycles. The number of fused-ring (bicyclic) bond motifs is 1. The predicted molar refractivity (Wildman–Crippen MR) is 187 cm³/mol. The minimum absolute atomic E-state index is 0.0532. The van der Waals surface area contributed by atoms with E-state index in [1.54, 1.807) is 16.7 Å². The highest BCUT2D eigenvalue weighted by Crippen LogP contribution is 2.33. The number of benzene rings is 2. The maximum Gasteiger partial charge on any atom is 0.407 e. The maximum atomic E-state index is 13.7. The fraction of sp³-hybridized carbons (Fsp3) is 0.500. The fourth-order valence-electron chi connectivity index (χ4n) is 5.98. The first-order chi connectivity index (χ1) is 24.5. The molecule has 0 radical (unpaired) electrons. The number of carbonyl (C=O) groups is 3. The third-order valence-electron chi connectivity index (χ3n) is 8.72. The van der Waals surface area contributed by atoms with Crippen molar-refractivity contribution in [1.82, 2.24) is 26.1 Å². The van der Waals surface area contributed by atoms with Crippen LogP contribution in [-0.4, -0.2) is 90.6 Å². The van der Waals surface area contributed by atoms with Crippen LogP contribution in [0.1, 0.15) is 43.2 Å². The lowest BCUT2D eigenvalue weighted by Crippen LogP contribution is -2.59. The maximum absolute atomic E-state index is 13.7. The summed E-state index contributed by atoms with van der Waals surface area (Å²) < 4.78 is 27.6. The zero-order valence-electron chi connectivity index (χ0n) is 29.3. The van der Waals surface area contributed by atoms with Gasteiger partial charge in [-0.3, -0.25) is 15.2 Å². The molecule has 3 aromatic rings. The number of alkyl carbamates (subject to hydrolysis) is 2. The summed E-state index contributed by atoms with van der Waals surface area (Å²) in [7, 11) is 1.23. The first-order valence-corrected chi connectivity index (χ1v) is 17.8. The van der Waals surface area contributed by atoms with E-state index in [9.17, 15) is 19.5 Å². The highest BCUT2D eigenvalue weighted by atomic mass is 32.1. The zero-order chi connectivity index (χ0) is 36.4. The normalized spacial score (nSPS) is 20.2. The van der Waals surface area contributed by atoms with Gasteiger partial charge in [-0.2, -0.15) is 0 Å². The first-order valence-electron chi connectivity index (χ1n) is 16.9. The number of hydrogen-bond donors (Lipinski definition) is 4. The third kappa shape index (κ3) is 11.1. The molecule has 51 heavy (non-hydrogen) atoms. The molecule has 4 N–H and O–H groups in total. The highest BCUT2D eigenvalue weighted by molar-refractivity contribution is 7.09. The third-order valence-corrected chi connectivity index (χ3v) is 9.48. The number of aliphatic hydroxyl groups is 1. The molecule has 2 aliphatic rings. The number of hydrogen-bond acceptors (Lipinski definition) is 12. The molecule has 2 aliphatic heterocycles. The van der Waals surface area contributed by atoms with Crippen LogP contribution in [0, 0.1) is 11.3 Å². The lowest BCUT2D eigenvalue weighted by molar-refractivity contribution is -0.131. The summed E-state index contributed by atoms with van der Waals surface area (Å²) in [4.78, 5) is 44.2. The molecule has 2 saturated heterocycles. The topological polar surface area (TPSA) is 170 Å². The Morgan fingerprint density at radius 1 is 1.04 bits per heavy atom. The van der Waals surface area contributed by atoms with Crippen molar-refractivity contribution in [3.05, 3.63) is 82.3 Å². The Hall–Kier alpha value is -4.28. The van der Waals surface area contributed by atoms with Gasteiger partial charge in [-0.25, -0.2) is 14.6 Å². The van der Waals surface area contributed by atoms with Crippen molar-refractivity contribution in [1.29, 1.82) is 0 Å². The Bertz CT molecular complexity index is 1560. The number of aromatic nitrogens is 1. The predicted octanol–water partition coefficient (Wildman–Crippen LogP) is 3.79. The van der Waals surface area contributed by atoms with Crippen molar-refractivity contribution < 1.29 is 43.2 Å². The molecule has 2 aromatic carbocycles. The van der Waals surface area contributed by atoms with Crippen molar-refractivity contribution in [3.63, 3.8) is 0 Å². The molecule has 0 aliphatic carbocycles. The minimum Gasteiger partial charge on any atom is -0.488 e. The lowest BCUT2D eigenvalue weighted by Gasteiger charge is -2.34. The molecule has 3 heterocycles. The van der Waals surface area contributed by atoms with E-state index in [1.165, 1.54) is 18.4 Å². The number of nitrogens with zero attached hydrogens (tertiary/aromatic N) is 2. The number of thiazole rings is 1. The zero-order valence-corrected chi connectivity index (χ0v) is 30.1. The largest absolute Gasteiger partial charge is 0.488 e. The monoisotopic (exact) mass is 725 g/mol. The molecule has 15 heteroatoms. The van der Waals surface area contributed by atoms with Gasteiger partial charge < -0.3 is 39.4 Å². The summed E-state index contributed by atoms with van der Waals surface area (Å²) in [5, 5.41) is 18.9. The Balaban J connectivity index is 1.32. The molecular formula is C36H47N5O9S. The van der Waals surface area contributed by atoms with E-state index in [2.05, 4.69) is 21.0 Å². The van der Waals surface area contributed by atoms with Crippen LogP contribution < -0.4 is 20.8 Å². The second-order valence-electron chi connectivity index (χ2n) is 13.7. The van der Waals surface area contributed by atoms with Gasteiger partial charge in [-0.1, -0.05) is 63.2 Å². The summed E-state index contributed by atoms with van der Waals surface area (Å²) in [5.74, 6) is 0.114. The summed E-state index contributed by atoms with van der Waals surface area (Å²) in [6, 6.07) is 15.0. The van der Waals surface area contributed by atoms with Gasteiger partial charge in [0.15, 0.2) is 6.29 Å². The molecule has 276 valence electrons. The van der Waals surface area contributed by atoms with Crippen LogP contribution in [0.3, 0.4) is 0 Å². The molecule has 0 spiro atoms. The molecular weight excluding hydrogens is 678 g/mol.